The van der Waals surface area contributed by atoms with Gasteiger partial charge in [0.25, 0.3) is 0 Å². The van der Waals surface area contributed by atoms with E-state index in [1.807, 2.05) is 6.07 Å². The van der Waals surface area contributed by atoms with Crippen LogP contribution in [0.5, 0.6) is 23.0 Å². The molecule has 0 atom stereocenters. The zero-order chi connectivity index (χ0) is 14.5. The van der Waals surface area contributed by atoms with Crippen LogP contribution >= 0.6 is 0 Å². The Kier molecular flexibility index (Phi) is 3.96. The van der Waals surface area contributed by atoms with Crippen LogP contribution in [0.3, 0.4) is 0 Å². The Morgan fingerprint density at radius 1 is 1.00 bits per heavy atom. The van der Waals surface area contributed by atoms with Crippen molar-refractivity contribution < 1.29 is 14.2 Å². The van der Waals surface area contributed by atoms with Crippen LogP contribution in [0, 0.1) is 11.3 Å². The minimum Gasteiger partial charge on any atom is -0.497 e. The number of nitrogens with zero attached hydrogens (tertiary/aromatic N) is 1. The Hall–Kier alpha value is -2.87. The molecule has 0 aliphatic heterocycles. The van der Waals surface area contributed by atoms with E-state index in [1.54, 1.807) is 36.4 Å². The number of nitrogen functional groups attached to an aromatic ring is 1. The largest absolute Gasteiger partial charge is 0.497 e. The topological polar surface area (TPSA) is 77.5 Å². The van der Waals surface area contributed by atoms with Crippen LogP contribution in [0.4, 0.5) is 5.69 Å². The van der Waals surface area contributed by atoms with E-state index in [-0.39, 0.29) is 0 Å². The Morgan fingerprint density at radius 3 is 2.35 bits per heavy atom. The van der Waals surface area contributed by atoms with Gasteiger partial charge in [-0.3, -0.25) is 0 Å². The molecule has 102 valence electrons. The summed E-state index contributed by atoms with van der Waals surface area (Å²) in [4.78, 5) is 0. The highest BCUT2D eigenvalue weighted by atomic mass is 16.5. The average Bonchev–Trinajstić information content (AvgIpc) is 2.49. The van der Waals surface area contributed by atoms with Crippen molar-refractivity contribution in [3.05, 3.63) is 42.0 Å². The van der Waals surface area contributed by atoms with Crippen LogP contribution in [0.2, 0.25) is 0 Å². The Labute approximate surface area is 117 Å². The van der Waals surface area contributed by atoms with Gasteiger partial charge in [-0.1, -0.05) is 6.07 Å². The lowest BCUT2D eigenvalue weighted by atomic mass is 10.2. The fourth-order valence-electron chi connectivity index (χ4n) is 1.73. The number of anilines is 1. The van der Waals surface area contributed by atoms with Crippen LogP contribution in [0.25, 0.3) is 0 Å². The van der Waals surface area contributed by atoms with Crippen LogP contribution in [0.1, 0.15) is 5.56 Å². The van der Waals surface area contributed by atoms with Crippen molar-refractivity contribution in [3.63, 3.8) is 0 Å². The number of rotatable bonds is 4. The van der Waals surface area contributed by atoms with Crippen molar-refractivity contribution >= 4 is 5.69 Å². The first-order chi connectivity index (χ1) is 9.67. The maximum Gasteiger partial charge on any atom is 0.154 e. The van der Waals surface area contributed by atoms with Crippen molar-refractivity contribution in [1.82, 2.24) is 0 Å². The Bertz CT molecular complexity index is 663. The molecule has 20 heavy (non-hydrogen) atoms. The number of hydrogen-bond donors (Lipinski definition) is 1. The molecule has 0 aliphatic rings. The summed E-state index contributed by atoms with van der Waals surface area (Å²) in [6.07, 6.45) is 0. The fraction of sp³-hybridized carbons (Fsp3) is 0.133. The van der Waals surface area contributed by atoms with E-state index in [0.29, 0.717) is 34.2 Å². The molecular weight excluding hydrogens is 256 g/mol. The van der Waals surface area contributed by atoms with Crippen molar-refractivity contribution in [2.24, 2.45) is 0 Å². The monoisotopic (exact) mass is 270 g/mol. The highest BCUT2D eigenvalue weighted by molar-refractivity contribution is 5.63. The predicted octanol–water partition coefficient (Wildman–Crippen LogP) is 2.95. The van der Waals surface area contributed by atoms with Gasteiger partial charge in [-0.05, 0) is 24.3 Å². The van der Waals surface area contributed by atoms with Crippen LogP contribution < -0.4 is 19.9 Å². The molecule has 2 aromatic rings. The summed E-state index contributed by atoms with van der Waals surface area (Å²) in [5.41, 5.74) is 6.78. The van der Waals surface area contributed by atoms with Gasteiger partial charge in [-0.25, -0.2) is 0 Å². The van der Waals surface area contributed by atoms with Gasteiger partial charge in [0.1, 0.15) is 22.9 Å². The van der Waals surface area contributed by atoms with Gasteiger partial charge in [0.15, 0.2) is 5.75 Å². The summed E-state index contributed by atoms with van der Waals surface area (Å²) in [6.45, 7) is 0. The molecule has 0 unspecified atom stereocenters. The van der Waals surface area contributed by atoms with E-state index in [4.69, 9.17) is 25.2 Å². The minimum absolute atomic E-state index is 0.399. The second kappa shape index (κ2) is 5.85. The molecule has 5 nitrogen and oxygen atoms in total. The van der Waals surface area contributed by atoms with E-state index in [9.17, 15) is 0 Å². The molecule has 0 fully saturated rings. The number of ether oxygens (including phenoxy) is 3. The smallest absolute Gasteiger partial charge is 0.154 e. The fourth-order valence-corrected chi connectivity index (χ4v) is 1.73. The molecule has 5 heteroatoms. The molecule has 0 radical (unpaired) electrons. The third-order valence-corrected chi connectivity index (χ3v) is 2.72. The van der Waals surface area contributed by atoms with Gasteiger partial charge in [-0.15, -0.1) is 0 Å². The quantitative estimate of drug-likeness (QED) is 0.864. The third kappa shape index (κ3) is 2.75. The molecule has 0 saturated carbocycles. The standard InChI is InChI=1S/C15H14N2O3/c1-18-11-6-10(9-16)7-12(8-11)20-14-5-3-4-13(19-2)15(14)17/h3-8H,17H2,1-2H3. The number of nitriles is 1. The first-order valence-corrected chi connectivity index (χ1v) is 5.87. The summed E-state index contributed by atoms with van der Waals surface area (Å²) in [7, 11) is 3.06. The van der Waals surface area contributed by atoms with Crippen LogP contribution in [0.15, 0.2) is 36.4 Å². The molecule has 2 aromatic carbocycles. The first kappa shape index (κ1) is 13.6. The van der Waals surface area contributed by atoms with E-state index < -0.39 is 0 Å². The normalized spacial score (nSPS) is 9.65. The molecule has 0 aromatic heterocycles. The molecule has 2 N–H and O–H groups in total. The van der Waals surface area contributed by atoms with E-state index >= 15 is 0 Å². The molecule has 0 spiro atoms. The summed E-state index contributed by atoms with van der Waals surface area (Å²) in [5.74, 6) is 2.01. The van der Waals surface area contributed by atoms with Crippen molar-refractivity contribution in [1.29, 1.82) is 5.26 Å². The van der Waals surface area contributed by atoms with Crippen LogP contribution in [-0.2, 0) is 0 Å². The average molecular weight is 270 g/mol. The van der Waals surface area contributed by atoms with Gasteiger partial charge in [0, 0.05) is 6.07 Å². The molecule has 0 saturated heterocycles. The third-order valence-electron chi connectivity index (χ3n) is 2.72. The van der Waals surface area contributed by atoms with Gasteiger partial charge in [0.05, 0.1) is 25.9 Å². The Morgan fingerprint density at radius 2 is 1.70 bits per heavy atom. The predicted molar refractivity (Wildman–Crippen MR) is 75.2 cm³/mol. The minimum atomic E-state index is 0.399. The number of methoxy groups -OCH3 is 2. The highest BCUT2D eigenvalue weighted by Crippen LogP contribution is 2.35. The van der Waals surface area contributed by atoms with Crippen LogP contribution in [-0.4, -0.2) is 14.2 Å². The summed E-state index contributed by atoms with van der Waals surface area (Å²) < 4.78 is 16.0. The second-order valence-corrected chi connectivity index (χ2v) is 3.98. The van der Waals surface area contributed by atoms with E-state index in [1.165, 1.54) is 14.2 Å². The van der Waals surface area contributed by atoms with Gasteiger partial charge in [0.2, 0.25) is 0 Å². The number of para-hydroxylation sites is 1. The van der Waals surface area contributed by atoms with Crippen molar-refractivity contribution in [2.45, 2.75) is 0 Å². The first-order valence-electron chi connectivity index (χ1n) is 5.87. The number of nitrogens with two attached hydrogens (primary N) is 1. The lowest BCUT2D eigenvalue weighted by molar-refractivity contribution is 0.405. The maximum absolute atomic E-state index is 8.98. The van der Waals surface area contributed by atoms with Gasteiger partial charge >= 0.3 is 0 Å². The van der Waals surface area contributed by atoms with Crippen molar-refractivity contribution in [2.75, 3.05) is 20.0 Å². The molecule has 0 heterocycles. The zero-order valence-electron chi connectivity index (χ0n) is 11.2. The molecule has 0 bridgehead atoms. The van der Waals surface area contributed by atoms with Gasteiger partial charge in [-0.2, -0.15) is 5.26 Å². The lowest BCUT2D eigenvalue weighted by Gasteiger charge is -2.12. The van der Waals surface area contributed by atoms with Gasteiger partial charge < -0.3 is 19.9 Å². The summed E-state index contributed by atoms with van der Waals surface area (Å²) >= 11 is 0. The molecule has 0 amide bonds. The second-order valence-electron chi connectivity index (χ2n) is 3.98. The van der Waals surface area contributed by atoms with Crippen molar-refractivity contribution in [3.8, 4) is 29.1 Å². The molecule has 0 aliphatic carbocycles. The summed E-state index contributed by atoms with van der Waals surface area (Å²) in [6, 6.07) is 12.2. The Balaban J connectivity index is 2.37. The SMILES string of the molecule is COc1cc(C#N)cc(Oc2cccc(OC)c2N)c1. The summed E-state index contributed by atoms with van der Waals surface area (Å²) in [5, 5.41) is 8.98. The number of hydrogen-bond acceptors (Lipinski definition) is 5. The lowest BCUT2D eigenvalue weighted by Crippen LogP contribution is -1.96. The highest BCUT2D eigenvalue weighted by Gasteiger charge is 2.09. The zero-order valence-corrected chi connectivity index (χ0v) is 11.2. The number of benzene rings is 2. The molecular formula is C15H14N2O3. The van der Waals surface area contributed by atoms with E-state index in [0.717, 1.165) is 0 Å². The van der Waals surface area contributed by atoms with E-state index in [2.05, 4.69) is 0 Å². The maximum atomic E-state index is 8.98. The molecule has 2 rings (SSSR count).